The standard InChI is InChI=1S/C16H12N3O6S2/c17-10-4-6-11(7-5-10)18-19-12-8-14-13(16(9-12)27(23,24)25)2-1-3-15(14)26(20,21)22/h1-9,17H,(H,20,21,22)(H,23,24,25). The molecule has 139 valence electrons. The largest absolute Gasteiger partial charge is 0.301 e. The zero-order chi connectivity index (χ0) is 19.8. The third-order valence-electron chi connectivity index (χ3n) is 3.61. The lowest BCUT2D eigenvalue weighted by Crippen LogP contribution is -2.03. The van der Waals surface area contributed by atoms with Gasteiger partial charge in [-0.3, -0.25) is 9.11 Å². The van der Waals surface area contributed by atoms with Gasteiger partial charge in [0.1, 0.15) is 9.79 Å². The van der Waals surface area contributed by atoms with Crippen molar-refractivity contribution < 1.29 is 25.9 Å². The number of benzene rings is 3. The number of hydrogen-bond donors (Lipinski definition) is 2. The molecule has 3 aromatic carbocycles. The Morgan fingerprint density at radius 1 is 0.704 bits per heavy atom. The van der Waals surface area contributed by atoms with Crippen molar-refractivity contribution in [3.05, 3.63) is 54.6 Å². The Balaban J connectivity index is 2.26. The number of hydrogen-bond acceptors (Lipinski definition) is 6. The van der Waals surface area contributed by atoms with Gasteiger partial charge in [0.15, 0.2) is 0 Å². The molecule has 0 amide bonds. The molecule has 0 atom stereocenters. The summed E-state index contributed by atoms with van der Waals surface area (Å²) in [5.74, 6) is 0. The topological polar surface area (TPSA) is 157 Å². The Bertz CT molecular complexity index is 1270. The third kappa shape index (κ3) is 4.11. The van der Waals surface area contributed by atoms with Gasteiger partial charge in [0.2, 0.25) is 0 Å². The zero-order valence-electron chi connectivity index (χ0n) is 13.4. The number of rotatable bonds is 4. The van der Waals surface area contributed by atoms with Crippen molar-refractivity contribution in [2.75, 3.05) is 0 Å². The van der Waals surface area contributed by atoms with Gasteiger partial charge in [-0.1, -0.05) is 12.1 Å². The number of azo groups is 1. The van der Waals surface area contributed by atoms with Crippen LogP contribution >= 0.6 is 0 Å². The van der Waals surface area contributed by atoms with Crippen LogP contribution in [0, 0.1) is 0 Å². The molecule has 0 spiro atoms. The molecule has 3 aromatic rings. The SMILES string of the molecule is [NH]c1ccc(N=Nc2cc(S(=O)(=O)O)c3cccc(S(=O)(=O)O)c3c2)cc1. The molecule has 0 aliphatic carbocycles. The van der Waals surface area contributed by atoms with Gasteiger partial charge in [-0.15, -0.1) is 0 Å². The highest BCUT2D eigenvalue weighted by Gasteiger charge is 2.21. The fraction of sp³-hybridized carbons (Fsp3) is 0. The van der Waals surface area contributed by atoms with E-state index in [4.69, 9.17) is 5.73 Å². The summed E-state index contributed by atoms with van der Waals surface area (Å²) in [6.07, 6.45) is 0. The predicted molar refractivity (Wildman–Crippen MR) is 97.0 cm³/mol. The first-order valence-electron chi connectivity index (χ1n) is 7.31. The lowest BCUT2D eigenvalue weighted by atomic mass is 10.1. The second-order valence-electron chi connectivity index (χ2n) is 5.49. The van der Waals surface area contributed by atoms with Gasteiger partial charge in [-0.2, -0.15) is 27.1 Å². The first-order valence-corrected chi connectivity index (χ1v) is 10.2. The molecular formula is C16H12N3O6S2. The summed E-state index contributed by atoms with van der Waals surface area (Å²) in [5, 5.41) is 7.53. The van der Waals surface area contributed by atoms with E-state index in [1.165, 1.54) is 42.5 Å². The second-order valence-corrected chi connectivity index (χ2v) is 8.27. The highest BCUT2D eigenvalue weighted by atomic mass is 32.2. The molecule has 0 aromatic heterocycles. The van der Waals surface area contributed by atoms with Crippen molar-refractivity contribution in [1.29, 1.82) is 0 Å². The molecule has 0 aliphatic heterocycles. The fourth-order valence-corrected chi connectivity index (χ4v) is 3.87. The first-order chi connectivity index (χ1) is 12.6. The van der Waals surface area contributed by atoms with Gasteiger partial charge in [0, 0.05) is 10.8 Å². The van der Waals surface area contributed by atoms with Crippen LogP contribution in [0.25, 0.3) is 10.8 Å². The summed E-state index contributed by atoms with van der Waals surface area (Å²) >= 11 is 0. The molecule has 0 unspecified atom stereocenters. The number of nitrogens with one attached hydrogen (secondary N) is 1. The fourth-order valence-electron chi connectivity index (χ4n) is 2.45. The molecule has 3 rings (SSSR count). The molecule has 0 aliphatic rings. The molecule has 0 fully saturated rings. The summed E-state index contributed by atoms with van der Waals surface area (Å²) in [6.45, 7) is 0. The normalized spacial score (nSPS) is 12.7. The minimum absolute atomic E-state index is 0.0545. The molecule has 3 N–H and O–H groups in total. The van der Waals surface area contributed by atoms with Gasteiger partial charge in [0.05, 0.1) is 17.1 Å². The molecule has 0 saturated heterocycles. The van der Waals surface area contributed by atoms with E-state index in [0.717, 1.165) is 12.1 Å². The molecule has 0 heterocycles. The van der Waals surface area contributed by atoms with Crippen LogP contribution < -0.4 is 5.73 Å². The Kier molecular flexibility index (Phi) is 4.70. The van der Waals surface area contributed by atoms with Crippen LogP contribution in [0.2, 0.25) is 0 Å². The average molecular weight is 406 g/mol. The van der Waals surface area contributed by atoms with Gasteiger partial charge in [0.25, 0.3) is 20.2 Å². The average Bonchev–Trinajstić information content (AvgIpc) is 2.58. The Hall–Kier alpha value is -2.86. The molecule has 0 bridgehead atoms. The van der Waals surface area contributed by atoms with Gasteiger partial charge >= 0.3 is 0 Å². The molecule has 27 heavy (non-hydrogen) atoms. The van der Waals surface area contributed by atoms with Crippen LogP contribution in [0.1, 0.15) is 0 Å². The molecule has 9 nitrogen and oxygen atoms in total. The van der Waals surface area contributed by atoms with E-state index in [9.17, 15) is 25.9 Å². The maximum absolute atomic E-state index is 11.7. The van der Waals surface area contributed by atoms with Crippen molar-refractivity contribution in [3.8, 4) is 0 Å². The second kappa shape index (κ2) is 6.70. The molecular weight excluding hydrogens is 394 g/mol. The van der Waals surface area contributed by atoms with Crippen LogP contribution in [0.15, 0.2) is 74.6 Å². The van der Waals surface area contributed by atoms with Crippen molar-refractivity contribution >= 4 is 48.1 Å². The first kappa shape index (κ1) is 18.9. The third-order valence-corrected chi connectivity index (χ3v) is 5.41. The van der Waals surface area contributed by atoms with Crippen molar-refractivity contribution in [2.45, 2.75) is 9.79 Å². The van der Waals surface area contributed by atoms with E-state index in [1.54, 1.807) is 0 Å². The predicted octanol–water partition coefficient (Wildman–Crippen LogP) is 3.66. The van der Waals surface area contributed by atoms with Crippen LogP contribution in [-0.4, -0.2) is 25.9 Å². The van der Waals surface area contributed by atoms with E-state index in [1.807, 2.05) is 0 Å². The highest BCUT2D eigenvalue weighted by molar-refractivity contribution is 7.86. The molecule has 11 heteroatoms. The van der Waals surface area contributed by atoms with Crippen molar-refractivity contribution in [3.63, 3.8) is 0 Å². The van der Waals surface area contributed by atoms with E-state index in [2.05, 4.69) is 10.2 Å². The summed E-state index contributed by atoms with van der Waals surface area (Å²) < 4.78 is 65.5. The minimum atomic E-state index is -4.71. The smallest absolute Gasteiger partial charge is 0.295 e. The number of nitrogens with zero attached hydrogens (tertiary/aromatic N) is 2. The lowest BCUT2D eigenvalue weighted by Gasteiger charge is -2.08. The van der Waals surface area contributed by atoms with Crippen LogP contribution in [-0.2, 0) is 20.2 Å². The maximum Gasteiger partial charge on any atom is 0.295 e. The highest BCUT2D eigenvalue weighted by Crippen LogP contribution is 2.33. The monoisotopic (exact) mass is 406 g/mol. The number of fused-ring (bicyclic) bond motifs is 1. The van der Waals surface area contributed by atoms with E-state index in [-0.39, 0.29) is 22.1 Å². The lowest BCUT2D eigenvalue weighted by molar-refractivity contribution is 0.481. The van der Waals surface area contributed by atoms with Gasteiger partial charge in [-0.05, 0) is 42.5 Å². The summed E-state index contributed by atoms with van der Waals surface area (Å²) in [6, 6.07) is 11.9. The Morgan fingerprint density at radius 3 is 1.89 bits per heavy atom. The van der Waals surface area contributed by atoms with Crippen LogP contribution in [0.5, 0.6) is 0 Å². The Morgan fingerprint density at radius 2 is 1.30 bits per heavy atom. The quantitative estimate of drug-likeness (QED) is 0.497. The summed E-state index contributed by atoms with van der Waals surface area (Å²) in [4.78, 5) is -1.10. The van der Waals surface area contributed by atoms with Crippen molar-refractivity contribution in [1.82, 2.24) is 5.73 Å². The minimum Gasteiger partial charge on any atom is -0.301 e. The summed E-state index contributed by atoms with van der Waals surface area (Å²) in [5.41, 5.74) is 8.00. The van der Waals surface area contributed by atoms with Crippen LogP contribution in [0.4, 0.5) is 17.1 Å². The summed E-state index contributed by atoms with van der Waals surface area (Å²) in [7, 11) is -9.36. The van der Waals surface area contributed by atoms with Crippen molar-refractivity contribution in [2.24, 2.45) is 10.2 Å². The van der Waals surface area contributed by atoms with E-state index < -0.39 is 30.0 Å². The van der Waals surface area contributed by atoms with Crippen LogP contribution in [0.3, 0.4) is 0 Å². The Labute approximate surface area is 154 Å². The maximum atomic E-state index is 11.7. The van der Waals surface area contributed by atoms with Gasteiger partial charge in [-0.25, -0.2) is 0 Å². The molecule has 0 saturated carbocycles. The van der Waals surface area contributed by atoms with E-state index >= 15 is 0 Å². The zero-order valence-corrected chi connectivity index (χ0v) is 15.1. The van der Waals surface area contributed by atoms with E-state index in [0.29, 0.717) is 5.69 Å². The van der Waals surface area contributed by atoms with Gasteiger partial charge < -0.3 is 5.73 Å². The molecule has 1 radical (unpaired) electrons.